The third-order valence-corrected chi connectivity index (χ3v) is 5.83. The highest BCUT2D eigenvalue weighted by Crippen LogP contribution is 2.20. The van der Waals surface area contributed by atoms with Gasteiger partial charge in [-0.25, -0.2) is 12.8 Å². The Labute approximate surface area is 174 Å². The van der Waals surface area contributed by atoms with Gasteiger partial charge in [-0.2, -0.15) is 0 Å². The average Bonchev–Trinajstić information content (AvgIpc) is 2.74. The molecule has 1 amide bonds. The van der Waals surface area contributed by atoms with Crippen molar-refractivity contribution in [3.05, 3.63) is 89.2 Å². The van der Waals surface area contributed by atoms with Gasteiger partial charge in [-0.1, -0.05) is 18.2 Å². The second kappa shape index (κ2) is 8.96. The van der Waals surface area contributed by atoms with Crippen molar-refractivity contribution >= 4 is 21.6 Å². The number of methoxy groups -OCH3 is 1. The number of nitrogens with one attached hydrogen (secondary N) is 2. The first kappa shape index (κ1) is 21.3. The van der Waals surface area contributed by atoms with Crippen molar-refractivity contribution in [2.45, 2.75) is 18.4 Å². The fraction of sp³-hybridized carbons (Fsp3) is 0.136. The molecule has 0 saturated heterocycles. The Bertz CT molecular complexity index is 1160. The molecule has 0 saturated carbocycles. The van der Waals surface area contributed by atoms with Gasteiger partial charge in [0.15, 0.2) is 0 Å². The molecular formula is C22H21FN2O4S. The molecule has 0 bridgehead atoms. The van der Waals surface area contributed by atoms with Crippen molar-refractivity contribution < 1.29 is 22.3 Å². The smallest absolute Gasteiger partial charge is 0.261 e. The molecule has 0 fully saturated rings. The maximum atomic E-state index is 13.0. The lowest BCUT2D eigenvalue weighted by Gasteiger charge is -2.12. The molecule has 0 atom stereocenters. The Hall–Kier alpha value is -3.39. The van der Waals surface area contributed by atoms with Crippen LogP contribution >= 0.6 is 0 Å². The van der Waals surface area contributed by atoms with Crippen molar-refractivity contribution in [1.82, 2.24) is 5.32 Å². The summed E-state index contributed by atoms with van der Waals surface area (Å²) in [5.41, 5.74) is 1.96. The van der Waals surface area contributed by atoms with Crippen molar-refractivity contribution in [3.63, 3.8) is 0 Å². The van der Waals surface area contributed by atoms with Crippen LogP contribution in [-0.4, -0.2) is 21.4 Å². The second-order valence-electron chi connectivity index (χ2n) is 6.62. The third-order valence-electron chi connectivity index (χ3n) is 4.45. The number of hydrogen-bond donors (Lipinski definition) is 2. The molecule has 3 rings (SSSR count). The van der Waals surface area contributed by atoms with Crippen LogP contribution in [0.4, 0.5) is 10.1 Å². The van der Waals surface area contributed by atoms with Crippen LogP contribution in [0.5, 0.6) is 5.75 Å². The predicted molar refractivity (Wildman–Crippen MR) is 113 cm³/mol. The summed E-state index contributed by atoms with van der Waals surface area (Å²) >= 11 is 0. The van der Waals surface area contributed by atoms with E-state index in [1.54, 1.807) is 32.2 Å². The standard InChI is InChI=1S/C22H21FN2O4S/c1-15-6-11-20(30(27,28)25-18-9-7-17(23)8-10-18)13-21(15)22(26)24-14-16-4-3-5-19(12-16)29-2/h3-13,25H,14H2,1-2H3,(H,24,26). The SMILES string of the molecule is COc1cccc(CNC(=O)c2cc(S(=O)(=O)Nc3ccc(F)cc3)ccc2C)c1. The van der Waals surface area contributed by atoms with E-state index in [0.717, 1.165) is 17.7 Å². The summed E-state index contributed by atoms with van der Waals surface area (Å²) in [4.78, 5) is 12.6. The van der Waals surface area contributed by atoms with Crippen LogP contribution in [0.2, 0.25) is 0 Å². The van der Waals surface area contributed by atoms with E-state index in [1.165, 1.54) is 24.3 Å². The highest BCUT2D eigenvalue weighted by molar-refractivity contribution is 7.92. The van der Waals surface area contributed by atoms with Gasteiger partial charge in [0, 0.05) is 17.8 Å². The second-order valence-corrected chi connectivity index (χ2v) is 8.31. The van der Waals surface area contributed by atoms with E-state index in [4.69, 9.17) is 4.74 Å². The number of rotatable bonds is 7. The quantitative estimate of drug-likeness (QED) is 0.598. The lowest BCUT2D eigenvalue weighted by molar-refractivity contribution is 0.0950. The molecule has 0 heterocycles. The molecule has 3 aromatic carbocycles. The molecule has 0 aliphatic heterocycles. The fourth-order valence-electron chi connectivity index (χ4n) is 2.80. The van der Waals surface area contributed by atoms with Crippen LogP contribution in [0.15, 0.2) is 71.6 Å². The Morgan fingerprint density at radius 2 is 1.77 bits per heavy atom. The lowest BCUT2D eigenvalue weighted by atomic mass is 10.1. The number of ether oxygens (including phenoxy) is 1. The Morgan fingerprint density at radius 3 is 2.47 bits per heavy atom. The maximum Gasteiger partial charge on any atom is 0.261 e. The third kappa shape index (κ3) is 5.15. The maximum absolute atomic E-state index is 13.0. The molecule has 0 aliphatic carbocycles. The zero-order valence-corrected chi connectivity index (χ0v) is 17.3. The van der Waals surface area contributed by atoms with Gasteiger partial charge in [-0.3, -0.25) is 9.52 Å². The summed E-state index contributed by atoms with van der Waals surface area (Å²) in [7, 11) is -2.38. The number of aryl methyl sites for hydroxylation is 1. The monoisotopic (exact) mass is 428 g/mol. The molecule has 30 heavy (non-hydrogen) atoms. The van der Waals surface area contributed by atoms with Gasteiger partial charge < -0.3 is 10.1 Å². The number of amides is 1. The zero-order chi connectivity index (χ0) is 21.7. The molecule has 0 spiro atoms. The molecule has 0 unspecified atom stereocenters. The Morgan fingerprint density at radius 1 is 1.03 bits per heavy atom. The first-order chi connectivity index (χ1) is 14.3. The van der Waals surface area contributed by atoms with Crippen LogP contribution in [0, 0.1) is 12.7 Å². The first-order valence-corrected chi connectivity index (χ1v) is 10.6. The number of carbonyl (C=O) groups is 1. The van der Waals surface area contributed by atoms with Crippen LogP contribution in [0.25, 0.3) is 0 Å². The number of sulfonamides is 1. The lowest BCUT2D eigenvalue weighted by Crippen LogP contribution is -2.24. The minimum Gasteiger partial charge on any atom is -0.497 e. The molecule has 2 N–H and O–H groups in total. The van der Waals surface area contributed by atoms with Gasteiger partial charge in [0.1, 0.15) is 11.6 Å². The molecule has 3 aromatic rings. The van der Waals surface area contributed by atoms with E-state index < -0.39 is 21.7 Å². The summed E-state index contributed by atoms with van der Waals surface area (Å²) in [6.45, 7) is 1.99. The van der Waals surface area contributed by atoms with Crippen molar-refractivity contribution in [3.8, 4) is 5.75 Å². The summed E-state index contributed by atoms with van der Waals surface area (Å²) in [5, 5.41) is 2.79. The molecule has 0 aromatic heterocycles. The Balaban J connectivity index is 1.78. The molecule has 156 valence electrons. The van der Waals surface area contributed by atoms with Crippen LogP contribution in [0.3, 0.4) is 0 Å². The highest BCUT2D eigenvalue weighted by Gasteiger charge is 2.18. The van der Waals surface area contributed by atoms with E-state index in [-0.39, 0.29) is 22.7 Å². The van der Waals surface area contributed by atoms with E-state index in [0.29, 0.717) is 11.3 Å². The topological polar surface area (TPSA) is 84.5 Å². The normalized spacial score (nSPS) is 11.0. The molecule has 0 radical (unpaired) electrons. The van der Waals surface area contributed by atoms with Crippen molar-refractivity contribution in [2.75, 3.05) is 11.8 Å². The van der Waals surface area contributed by atoms with E-state index >= 15 is 0 Å². The number of hydrogen-bond acceptors (Lipinski definition) is 4. The van der Waals surface area contributed by atoms with E-state index in [2.05, 4.69) is 10.0 Å². The molecular weight excluding hydrogens is 407 g/mol. The average molecular weight is 428 g/mol. The number of carbonyl (C=O) groups excluding carboxylic acids is 1. The molecule has 6 nitrogen and oxygen atoms in total. The summed E-state index contributed by atoms with van der Waals surface area (Å²) in [5.74, 6) is -0.185. The van der Waals surface area contributed by atoms with Crippen molar-refractivity contribution in [1.29, 1.82) is 0 Å². The number of benzene rings is 3. The number of anilines is 1. The molecule has 8 heteroatoms. The van der Waals surface area contributed by atoms with Gasteiger partial charge >= 0.3 is 0 Å². The highest BCUT2D eigenvalue weighted by atomic mass is 32.2. The van der Waals surface area contributed by atoms with E-state index in [9.17, 15) is 17.6 Å². The minimum absolute atomic E-state index is 0.0658. The largest absolute Gasteiger partial charge is 0.497 e. The molecule has 0 aliphatic rings. The predicted octanol–water partition coefficient (Wildman–Crippen LogP) is 3.87. The Kier molecular flexibility index (Phi) is 6.37. The van der Waals surface area contributed by atoms with Crippen LogP contribution in [-0.2, 0) is 16.6 Å². The van der Waals surface area contributed by atoms with Crippen LogP contribution < -0.4 is 14.8 Å². The van der Waals surface area contributed by atoms with Gasteiger partial charge in [-0.05, 0) is 66.6 Å². The minimum atomic E-state index is -3.94. The van der Waals surface area contributed by atoms with Gasteiger partial charge in [0.25, 0.3) is 15.9 Å². The van der Waals surface area contributed by atoms with E-state index in [1.807, 2.05) is 12.1 Å². The summed E-state index contributed by atoms with van der Waals surface area (Å²) < 4.78 is 45.9. The fourth-order valence-corrected chi connectivity index (χ4v) is 3.89. The summed E-state index contributed by atoms with van der Waals surface area (Å²) in [6.07, 6.45) is 0. The van der Waals surface area contributed by atoms with Crippen molar-refractivity contribution in [2.24, 2.45) is 0 Å². The first-order valence-electron chi connectivity index (χ1n) is 9.08. The zero-order valence-electron chi connectivity index (χ0n) is 16.5. The van der Waals surface area contributed by atoms with Gasteiger partial charge in [0.2, 0.25) is 0 Å². The van der Waals surface area contributed by atoms with Gasteiger partial charge in [-0.15, -0.1) is 0 Å². The van der Waals surface area contributed by atoms with Gasteiger partial charge in [0.05, 0.1) is 12.0 Å². The number of halogens is 1. The van der Waals surface area contributed by atoms with Crippen LogP contribution in [0.1, 0.15) is 21.5 Å². The summed E-state index contributed by atoms with van der Waals surface area (Å²) in [6, 6.07) is 16.5.